The third-order valence-electron chi connectivity index (χ3n) is 3.80. The van der Waals surface area contributed by atoms with Crippen LogP contribution in [0.4, 0.5) is 0 Å². The molecule has 0 radical (unpaired) electrons. The highest BCUT2D eigenvalue weighted by Crippen LogP contribution is 2.23. The van der Waals surface area contributed by atoms with E-state index >= 15 is 0 Å². The molecule has 3 N–H and O–H groups in total. The van der Waals surface area contributed by atoms with Crippen molar-refractivity contribution in [2.24, 2.45) is 0 Å². The van der Waals surface area contributed by atoms with Crippen molar-refractivity contribution in [3.8, 4) is 0 Å². The lowest BCUT2D eigenvalue weighted by Gasteiger charge is -2.19. The van der Waals surface area contributed by atoms with Crippen LogP contribution in [0.1, 0.15) is 30.5 Å². The number of nitrogens with one attached hydrogen (secondary N) is 2. The SMILES string of the molecule is COC(c1ccccc1)n1cnc(=N)c2[nH]c(C(C)CO)nc21. The van der Waals surface area contributed by atoms with E-state index in [-0.39, 0.29) is 18.0 Å². The molecule has 0 aliphatic carbocycles. The maximum atomic E-state index is 9.33. The number of rotatable bonds is 5. The quantitative estimate of drug-likeness (QED) is 0.665. The number of imidazole rings is 1. The van der Waals surface area contributed by atoms with E-state index in [9.17, 15) is 5.11 Å². The Morgan fingerprint density at radius 1 is 1.35 bits per heavy atom. The van der Waals surface area contributed by atoms with Gasteiger partial charge < -0.3 is 14.8 Å². The topological polar surface area (TPSA) is 99.8 Å². The van der Waals surface area contributed by atoms with Crippen LogP contribution in [-0.2, 0) is 4.74 Å². The first-order chi connectivity index (χ1) is 11.2. The number of benzene rings is 1. The van der Waals surface area contributed by atoms with Crippen LogP contribution >= 0.6 is 0 Å². The van der Waals surface area contributed by atoms with Gasteiger partial charge in [-0.15, -0.1) is 0 Å². The van der Waals surface area contributed by atoms with E-state index in [1.807, 2.05) is 37.3 Å². The van der Waals surface area contributed by atoms with E-state index in [2.05, 4.69) is 15.0 Å². The van der Waals surface area contributed by atoms with Crippen molar-refractivity contribution in [2.45, 2.75) is 19.1 Å². The first kappa shape index (κ1) is 15.4. The Kier molecular flexibility index (Phi) is 4.22. The Bertz CT molecular complexity index is 856. The molecule has 0 fully saturated rings. The number of hydrogen-bond donors (Lipinski definition) is 3. The third-order valence-corrected chi connectivity index (χ3v) is 3.80. The molecule has 0 amide bonds. The molecule has 2 aromatic heterocycles. The predicted octanol–water partition coefficient (Wildman–Crippen LogP) is 1.53. The number of H-pyrrole nitrogens is 1. The first-order valence-electron chi connectivity index (χ1n) is 7.35. The van der Waals surface area contributed by atoms with Crippen LogP contribution in [0.15, 0.2) is 36.7 Å². The van der Waals surface area contributed by atoms with Gasteiger partial charge in [0, 0.05) is 18.6 Å². The summed E-state index contributed by atoms with van der Waals surface area (Å²) in [5.74, 6) is 0.480. The molecule has 0 aliphatic heterocycles. The van der Waals surface area contributed by atoms with E-state index in [1.165, 1.54) is 0 Å². The zero-order valence-corrected chi connectivity index (χ0v) is 13.0. The highest BCUT2D eigenvalue weighted by atomic mass is 16.5. The fraction of sp³-hybridized carbons (Fsp3) is 0.312. The second-order valence-electron chi connectivity index (χ2n) is 5.40. The number of aromatic amines is 1. The molecule has 0 aliphatic rings. The highest BCUT2D eigenvalue weighted by Gasteiger charge is 2.19. The molecule has 2 heterocycles. The minimum Gasteiger partial charge on any atom is -0.396 e. The Morgan fingerprint density at radius 3 is 2.74 bits per heavy atom. The van der Waals surface area contributed by atoms with Crippen molar-refractivity contribution < 1.29 is 9.84 Å². The van der Waals surface area contributed by atoms with Gasteiger partial charge in [-0.05, 0) is 0 Å². The number of aromatic nitrogens is 4. The molecular formula is C16H19N5O2. The monoisotopic (exact) mass is 313 g/mol. The average Bonchev–Trinajstić information content (AvgIpc) is 3.04. The first-order valence-corrected chi connectivity index (χ1v) is 7.35. The van der Waals surface area contributed by atoms with Gasteiger partial charge in [0.05, 0.1) is 6.61 Å². The zero-order chi connectivity index (χ0) is 16.4. The normalized spacial score (nSPS) is 14.0. The summed E-state index contributed by atoms with van der Waals surface area (Å²) >= 11 is 0. The molecule has 23 heavy (non-hydrogen) atoms. The fourth-order valence-corrected chi connectivity index (χ4v) is 2.49. The minimum absolute atomic E-state index is 0.0209. The van der Waals surface area contributed by atoms with E-state index in [0.29, 0.717) is 17.0 Å². The molecule has 0 spiro atoms. The summed E-state index contributed by atoms with van der Waals surface area (Å²) in [5, 5.41) is 17.3. The Hall–Kier alpha value is -2.51. The highest BCUT2D eigenvalue weighted by molar-refractivity contribution is 5.69. The summed E-state index contributed by atoms with van der Waals surface area (Å²) in [6.45, 7) is 1.84. The molecule has 2 unspecified atom stereocenters. The number of aliphatic hydroxyl groups is 1. The summed E-state index contributed by atoms with van der Waals surface area (Å²) in [4.78, 5) is 11.7. The molecule has 7 heteroatoms. The van der Waals surface area contributed by atoms with Gasteiger partial charge in [-0.3, -0.25) is 9.98 Å². The predicted molar refractivity (Wildman–Crippen MR) is 84.8 cm³/mol. The van der Waals surface area contributed by atoms with E-state index in [0.717, 1.165) is 5.56 Å². The maximum Gasteiger partial charge on any atom is 0.173 e. The van der Waals surface area contributed by atoms with Crippen LogP contribution in [0.2, 0.25) is 0 Å². The number of hydrogen-bond acceptors (Lipinski definition) is 5. The van der Waals surface area contributed by atoms with Gasteiger partial charge in [-0.25, -0.2) is 9.97 Å². The summed E-state index contributed by atoms with van der Waals surface area (Å²) in [6, 6.07) is 9.75. The van der Waals surface area contributed by atoms with Gasteiger partial charge in [0.15, 0.2) is 17.4 Å². The number of fused-ring (bicyclic) bond motifs is 1. The van der Waals surface area contributed by atoms with Crippen LogP contribution < -0.4 is 5.49 Å². The number of aliphatic hydroxyl groups excluding tert-OH is 1. The smallest absolute Gasteiger partial charge is 0.173 e. The molecule has 7 nitrogen and oxygen atoms in total. The summed E-state index contributed by atoms with van der Waals surface area (Å²) < 4.78 is 7.41. The van der Waals surface area contributed by atoms with Crippen molar-refractivity contribution in [1.29, 1.82) is 5.41 Å². The lowest BCUT2D eigenvalue weighted by Crippen LogP contribution is -2.19. The van der Waals surface area contributed by atoms with Gasteiger partial charge in [0.1, 0.15) is 17.7 Å². The molecule has 3 rings (SSSR count). The number of ether oxygens (including phenoxy) is 1. The average molecular weight is 313 g/mol. The molecule has 3 aromatic rings. The summed E-state index contributed by atoms with van der Waals surface area (Å²) in [6.07, 6.45) is 1.16. The van der Waals surface area contributed by atoms with Gasteiger partial charge >= 0.3 is 0 Å². The van der Waals surface area contributed by atoms with Gasteiger partial charge in [-0.2, -0.15) is 0 Å². The molecule has 1 aromatic carbocycles. The van der Waals surface area contributed by atoms with Crippen molar-refractivity contribution in [2.75, 3.05) is 13.7 Å². The van der Waals surface area contributed by atoms with Gasteiger partial charge in [-0.1, -0.05) is 37.3 Å². The standard InChI is InChI=1S/C16H19N5O2/c1-10(8-22)14-19-12-13(17)18-9-21(15(12)20-14)16(23-2)11-6-4-3-5-7-11/h3-7,9-10,16-17,22H,8H2,1-2H3,(H,19,20). The Balaban J connectivity index is 2.19. The fourth-order valence-electron chi connectivity index (χ4n) is 2.49. The van der Waals surface area contributed by atoms with Crippen LogP contribution in [0.5, 0.6) is 0 Å². The lowest BCUT2D eigenvalue weighted by atomic mass is 10.2. The largest absolute Gasteiger partial charge is 0.396 e. The lowest BCUT2D eigenvalue weighted by molar-refractivity contribution is 0.0804. The van der Waals surface area contributed by atoms with E-state index in [1.54, 1.807) is 18.0 Å². The summed E-state index contributed by atoms with van der Waals surface area (Å²) in [5.41, 5.74) is 2.18. The molecule has 0 saturated heterocycles. The Labute approximate surface area is 133 Å². The van der Waals surface area contributed by atoms with Gasteiger partial charge in [0.2, 0.25) is 0 Å². The maximum absolute atomic E-state index is 9.33. The zero-order valence-electron chi connectivity index (χ0n) is 13.0. The van der Waals surface area contributed by atoms with Crippen LogP contribution in [0, 0.1) is 5.41 Å². The number of methoxy groups -OCH3 is 1. The van der Waals surface area contributed by atoms with E-state index in [4.69, 9.17) is 10.1 Å². The Morgan fingerprint density at radius 2 is 2.09 bits per heavy atom. The van der Waals surface area contributed by atoms with E-state index < -0.39 is 6.23 Å². The molecule has 0 bridgehead atoms. The molecule has 120 valence electrons. The second kappa shape index (κ2) is 6.31. The van der Waals surface area contributed by atoms with Crippen molar-refractivity contribution in [3.05, 3.63) is 53.5 Å². The van der Waals surface area contributed by atoms with Crippen molar-refractivity contribution in [3.63, 3.8) is 0 Å². The third kappa shape index (κ3) is 2.76. The van der Waals surface area contributed by atoms with Crippen LogP contribution in [-0.4, -0.2) is 38.3 Å². The molecule has 0 saturated carbocycles. The van der Waals surface area contributed by atoms with Gasteiger partial charge in [0.25, 0.3) is 0 Å². The van der Waals surface area contributed by atoms with Crippen LogP contribution in [0.3, 0.4) is 0 Å². The van der Waals surface area contributed by atoms with Crippen molar-refractivity contribution >= 4 is 11.2 Å². The second-order valence-corrected chi connectivity index (χ2v) is 5.40. The molecule has 2 atom stereocenters. The number of nitrogens with zero attached hydrogens (tertiary/aromatic N) is 3. The minimum atomic E-state index is -0.396. The van der Waals surface area contributed by atoms with Crippen molar-refractivity contribution in [1.82, 2.24) is 19.5 Å². The van der Waals surface area contributed by atoms with Crippen LogP contribution in [0.25, 0.3) is 11.2 Å². The summed E-state index contributed by atoms with van der Waals surface area (Å²) in [7, 11) is 1.62. The molecular weight excluding hydrogens is 294 g/mol.